The zero-order valence-corrected chi connectivity index (χ0v) is 12.6. The quantitative estimate of drug-likeness (QED) is 0.870. The molecule has 0 fully saturated rings. The van der Waals surface area contributed by atoms with Crippen molar-refractivity contribution >= 4 is 0 Å². The molecule has 1 unspecified atom stereocenters. The molecule has 1 aromatic rings. The van der Waals surface area contributed by atoms with Crippen molar-refractivity contribution in [3.05, 3.63) is 29.3 Å². The van der Waals surface area contributed by atoms with Gasteiger partial charge in [-0.05, 0) is 55.5 Å². The number of benzene rings is 1. The van der Waals surface area contributed by atoms with Gasteiger partial charge in [0.2, 0.25) is 0 Å². The molecule has 0 aromatic heterocycles. The van der Waals surface area contributed by atoms with E-state index in [2.05, 4.69) is 4.74 Å². The molecule has 1 rings (SSSR count). The molecule has 116 valence electrons. The lowest BCUT2D eigenvalue weighted by Crippen LogP contribution is -2.17. The molecule has 1 atom stereocenters. The second-order valence-corrected chi connectivity index (χ2v) is 4.59. The molecule has 20 heavy (non-hydrogen) atoms. The Morgan fingerprint density at radius 1 is 1.20 bits per heavy atom. The summed E-state index contributed by atoms with van der Waals surface area (Å²) in [4.78, 5) is 0. The first-order valence-corrected chi connectivity index (χ1v) is 6.86. The third-order valence-electron chi connectivity index (χ3n) is 2.59. The fourth-order valence-electron chi connectivity index (χ4n) is 1.92. The molecule has 0 amide bonds. The van der Waals surface area contributed by atoms with Crippen LogP contribution < -0.4 is 10.5 Å². The minimum absolute atomic E-state index is 0.155. The highest BCUT2D eigenvalue weighted by Gasteiger charge is 2.31. The number of rotatable bonds is 5. The van der Waals surface area contributed by atoms with Crippen molar-refractivity contribution in [1.29, 1.82) is 0 Å². The topological polar surface area (TPSA) is 35.2 Å². The molecule has 0 bridgehead atoms. The van der Waals surface area contributed by atoms with E-state index < -0.39 is 6.36 Å². The van der Waals surface area contributed by atoms with Gasteiger partial charge in [0.25, 0.3) is 0 Å². The molecule has 0 saturated heterocycles. The monoisotopic (exact) mass is 291 g/mol. The zero-order chi connectivity index (χ0) is 15.8. The number of ether oxygens (including phenoxy) is 1. The first kappa shape index (κ1) is 18.8. The normalized spacial score (nSPS) is 12.4. The Bertz CT molecular complexity index is 391. The molecule has 0 aliphatic heterocycles. The van der Waals surface area contributed by atoms with Crippen LogP contribution in [0.15, 0.2) is 18.2 Å². The number of halogens is 3. The Balaban J connectivity index is 0.00000172. The fraction of sp³-hybridized carbons (Fsp3) is 0.600. The highest BCUT2D eigenvalue weighted by atomic mass is 19.4. The van der Waals surface area contributed by atoms with E-state index >= 15 is 0 Å². The zero-order valence-electron chi connectivity index (χ0n) is 12.6. The average molecular weight is 291 g/mol. The number of aryl methyl sites for hydroxylation is 1. The fourth-order valence-corrected chi connectivity index (χ4v) is 1.92. The summed E-state index contributed by atoms with van der Waals surface area (Å²) in [6.07, 6.45) is -3.09. The van der Waals surface area contributed by atoms with Crippen LogP contribution in [-0.4, -0.2) is 12.9 Å². The number of hydrogen-bond acceptors (Lipinski definition) is 2. The summed E-state index contributed by atoms with van der Waals surface area (Å²) < 4.78 is 40.4. The van der Waals surface area contributed by atoms with E-state index in [1.165, 1.54) is 12.1 Å². The number of alkyl halides is 3. The molecule has 5 heteroatoms. The average Bonchev–Trinajstić information content (AvgIpc) is 2.28. The predicted octanol–water partition coefficient (Wildman–Crippen LogP) is 4.45. The third-order valence-corrected chi connectivity index (χ3v) is 2.59. The highest BCUT2D eigenvalue weighted by molar-refractivity contribution is 5.34. The largest absolute Gasteiger partial charge is 0.573 e. The first-order chi connectivity index (χ1) is 9.30. The second kappa shape index (κ2) is 8.84. The summed E-state index contributed by atoms with van der Waals surface area (Å²) in [5.74, 6) is 0.188. The van der Waals surface area contributed by atoms with Gasteiger partial charge in [0.05, 0.1) is 0 Å². The van der Waals surface area contributed by atoms with E-state index in [0.29, 0.717) is 18.9 Å². The van der Waals surface area contributed by atoms with Crippen LogP contribution >= 0.6 is 0 Å². The van der Waals surface area contributed by atoms with Crippen molar-refractivity contribution in [2.75, 3.05) is 6.54 Å². The maximum absolute atomic E-state index is 12.1. The van der Waals surface area contributed by atoms with Crippen LogP contribution in [-0.2, 0) is 6.42 Å². The molecular weight excluding hydrogens is 267 g/mol. The van der Waals surface area contributed by atoms with Gasteiger partial charge in [-0.2, -0.15) is 0 Å². The van der Waals surface area contributed by atoms with Gasteiger partial charge < -0.3 is 10.5 Å². The van der Waals surface area contributed by atoms with Crippen molar-refractivity contribution < 1.29 is 17.9 Å². The smallest absolute Gasteiger partial charge is 0.406 e. The molecule has 0 heterocycles. The first-order valence-electron chi connectivity index (χ1n) is 6.86. The molecule has 0 aliphatic rings. The second-order valence-electron chi connectivity index (χ2n) is 4.59. The highest BCUT2D eigenvalue weighted by Crippen LogP contribution is 2.26. The third kappa shape index (κ3) is 8.04. The van der Waals surface area contributed by atoms with Crippen LogP contribution in [0.5, 0.6) is 5.75 Å². The van der Waals surface area contributed by atoms with E-state index in [9.17, 15) is 13.2 Å². The minimum atomic E-state index is -4.64. The van der Waals surface area contributed by atoms with Crippen LogP contribution in [0.3, 0.4) is 0 Å². The van der Waals surface area contributed by atoms with Gasteiger partial charge in [-0.15, -0.1) is 13.2 Å². The summed E-state index contributed by atoms with van der Waals surface area (Å²) in [7, 11) is 0. The number of nitrogens with two attached hydrogens (primary N) is 1. The van der Waals surface area contributed by atoms with Gasteiger partial charge in [-0.1, -0.05) is 26.8 Å². The summed E-state index contributed by atoms with van der Waals surface area (Å²) in [6.45, 7) is 8.36. The lowest BCUT2D eigenvalue weighted by atomic mass is 9.97. The van der Waals surface area contributed by atoms with Crippen LogP contribution in [0.1, 0.15) is 38.3 Å². The molecule has 2 nitrogen and oxygen atoms in total. The van der Waals surface area contributed by atoms with Gasteiger partial charge in [0, 0.05) is 0 Å². The Kier molecular flexibility index (Phi) is 8.30. The summed E-state index contributed by atoms with van der Waals surface area (Å²) in [6, 6.07) is 4.69. The molecule has 2 N–H and O–H groups in total. The molecule has 0 aliphatic carbocycles. The molecular formula is C15H24F3NO. The van der Waals surface area contributed by atoms with Gasteiger partial charge in [-0.3, -0.25) is 0 Å². The Morgan fingerprint density at radius 2 is 1.80 bits per heavy atom. The van der Waals surface area contributed by atoms with Crippen molar-refractivity contribution in [2.45, 2.75) is 46.9 Å². The lowest BCUT2D eigenvalue weighted by Gasteiger charge is -2.14. The van der Waals surface area contributed by atoms with Crippen molar-refractivity contribution in [3.8, 4) is 5.75 Å². The van der Waals surface area contributed by atoms with Gasteiger partial charge in [0.15, 0.2) is 0 Å². The minimum Gasteiger partial charge on any atom is -0.406 e. The van der Waals surface area contributed by atoms with E-state index in [-0.39, 0.29) is 5.75 Å². The number of hydrogen-bond donors (Lipinski definition) is 1. The summed E-state index contributed by atoms with van der Waals surface area (Å²) >= 11 is 0. The molecule has 0 spiro atoms. The molecule has 1 aromatic carbocycles. The van der Waals surface area contributed by atoms with E-state index in [1.807, 2.05) is 26.8 Å². The summed E-state index contributed by atoms with van der Waals surface area (Å²) in [5, 5.41) is 0. The van der Waals surface area contributed by atoms with E-state index in [0.717, 1.165) is 17.5 Å². The standard InChI is InChI=1S/C13H18F3NO.C2H6/c1-9(3-4-17)5-11-6-10(2)7-12(8-11)18-13(14,15)16;1-2/h6-9H,3-5,17H2,1-2H3;1-2H3. The lowest BCUT2D eigenvalue weighted by molar-refractivity contribution is -0.274. The summed E-state index contributed by atoms with van der Waals surface area (Å²) in [5.41, 5.74) is 7.05. The molecule has 0 radical (unpaired) electrons. The van der Waals surface area contributed by atoms with Gasteiger partial charge in [-0.25, -0.2) is 0 Å². The Morgan fingerprint density at radius 3 is 2.30 bits per heavy atom. The maximum atomic E-state index is 12.1. The van der Waals surface area contributed by atoms with E-state index in [1.54, 1.807) is 6.92 Å². The Hall–Kier alpha value is -1.23. The van der Waals surface area contributed by atoms with Crippen molar-refractivity contribution in [2.24, 2.45) is 11.7 Å². The van der Waals surface area contributed by atoms with Crippen LogP contribution in [0.2, 0.25) is 0 Å². The van der Waals surface area contributed by atoms with Gasteiger partial charge >= 0.3 is 6.36 Å². The molecule has 0 saturated carbocycles. The van der Waals surface area contributed by atoms with Crippen LogP contribution in [0.4, 0.5) is 13.2 Å². The van der Waals surface area contributed by atoms with Crippen LogP contribution in [0.25, 0.3) is 0 Å². The maximum Gasteiger partial charge on any atom is 0.573 e. The van der Waals surface area contributed by atoms with E-state index in [4.69, 9.17) is 5.73 Å². The SMILES string of the molecule is CC.Cc1cc(CC(C)CCN)cc(OC(F)(F)F)c1. The van der Waals surface area contributed by atoms with Gasteiger partial charge in [0.1, 0.15) is 5.75 Å². The van der Waals surface area contributed by atoms with Crippen LogP contribution in [0, 0.1) is 12.8 Å². The Labute approximate surface area is 119 Å². The van der Waals surface area contributed by atoms with Crippen molar-refractivity contribution in [1.82, 2.24) is 0 Å². The van der Waals surface area contributed by atoms with Crippen molar-refractivity contribution in [3.63, 3.8) is 0 Å². The predicted molar refractivity (Wildman–Crippen MR) is 75.7 cm³/mol.